The van der Waals surface area contributed by atoms with Gasteiger partial charge < -0.3 is 16.0 Å². The van der Waals surface area contributed by atoms with Crippen LogP contribution in [0.3, 0.4) is 0 Å². The second-order valence-corrected chi connectivity index (χ2v) is 8.54. The zero-order valence-corrected chi connectivity index (χ0v) is 13.8. The van der Waals surface area contributed by atoms with Crippen molar-refractivity contribution < 1.29 is 18.0 Å². The van der Waals surface area contributed by atoms with Gasteiger partial charge in [0, 0.05) is 19.0 Å². The first-order chi connectivity index (χ1) is 10.3. The average molecular weight is 331 g/mol. The Morgan fingerprint density at radius 1 is 1.27 bits per heavy atom. The van der Waals surface area contributed by atoms with Gasteiger partial charge in [-0.15, -0.1) is 0 Å². The number of sulfone groups is 1. The van der Waals surface area contributed by atoms with Crippen molar-refractivity contribution in [3.63, 3.8) is 0 Å². The first kappa shape index (κ1) is 17.2. The number of amides is 2. The Morgan fingerprint density at radius 2 is 1.91 bits per heavy atom. The van der Waals surface area contributed by atoms with Crippen molar-refractivity contribution in [3.05, 3.63) is 0 Å². The molecule has 2 amide bonds. The van der Waals surface area contributed by atoms with Crippen LogP contribution in [0.5, 0.6) is 0 Å². The molecule has 0 aromatic rings. The largest absolute Gasteiger partial charge is 0.344 e. The van der Waals surface area contributed by atoms with E-state index in [2.05, 4.69) is 5.32 Å². The van der Waals surface area contributed by atoms with Crippen molar-refractivity contribution in [2.24, 2.45) is 17.6 Å². The van der Waals surface area contributed by atoms with E-state index >= 15 is 0 Å². The van der Waals surface area contributed by atoms with Crippen LogP contribution in [0, 0.1) is 11.8 Å². The average Bonchev–Trinajstić information content (AvgIpc) is 2.95. The van der Waals surface area contributed by atoms with Gasteiger partial charge in [-0.3, -0.25) is 9.59 Å². The van der Waals surface area contributed by atoms with Crippen LogP contribution >= 0.6 is 0 Å². The van der Waals surface area contributed by atoms with E-state index in [9.17, 15) is 18.0 Å². The number of hydrogen-bond donors (Lipinski definition) is 2. The minimum Gasteiger partial charge on any atom is -0.344 e. The molecular formula is C14H25N3O4S. The van der Waals surface area contributed by atoms with Crippen LogP contribution in [-0.4, -0.2) is 62.3 Å². The Hall–Kier alpha value is -1.15. The number of rotatable bonds is 4. The standard InChI is InChI=1S/C14H25N3O4S/c1-10(14(19)17-5-7-22(20,21)8-6-17)16-13(18)12-4-2-3-11(12)9-15/h10-12H,2-9,15H2,1H3,(H,16,18)/t10?,11-,12-/m1/s1. The van der Waals surface area contributed by atoms with Gasteiger partial charge >= 0.3 is 0 Å². The summed E-state index contributed by atoms with van der Waals surface area (Å²) in [6, 6.07) is -0.632. The highest BCUT2D eigenvalue weighted by Crippen LogP contribution is 2.31. The SMILES string of the molecule is CC(NC(=O)[C@@H]1CCC[C@@H]1CN)C(=O)N1CCS(=O)(=O)CC1. The number of carbonyl (C=O) groups is 2. The Bertz CT molecular complexity index is 520. The highest BCUT2D eigenvalue weighted by atomic mass is 32.2. The number of hydrogen-bond acceptors (Lipinski definition) is 5. The van der Waals surface area contributed by atoms with Gasteiger partial charge in [0.25, 0.3) is 0 Å². The third-order valence-corrected chi connectivity index (χ3v) is 6.29. The molecule has 3 atom stereocenters. The zero-order valence-electron chi connectivity index (χ0n) is 13.0. The van der Waals surface area contributed by atoms with Crippen LogP contribution in [0.25, 0.3) is 0 Å². The lowest BCUT2D eigenvalue weighted by Gasteiger charge is -2.30. The summed E-state index contributed by atoms with van der Waals surface area (Å²) in [5.41, 5.74) is 5.68. The summed E-state index contributed by atoms with van der Waals surface area (Å²) >= 11 is 0. The van der Waals surface area contributed by atoms with Crippen molar-refractivity contribution >= 4 is 21.7 Å². The van der Waals surface area contributed by atoms with E-state index in [-0.39, 0.29) is 48.2 Å². The van der Waals surface area contributed by atoms with Crippen LogP contribution in [-0.2, 0) is 19.4 Å². The lowest BCUT2D eigenvalue weighted by molar-refractivity contribution is -0.137. The smallest absolute Gasteiger partial charge is 0.244 e. The Labute approximate surface area is 131 Å². The minimum absolute atomic E-state index is 0.00270. The summed E-state index contributed by atoms with van der Waals surface area (Å²) in [5, 5.41) is 2.77. The van der Waals surface area contributed by atoms with Gasteiger partial charge in [-0.05, 0) is 32.2 Å². The quantitative estimate of drug-likeness (QED) is 0.695. The van der Waals surface area contributed by atoms with Crippen molar-refractivity contribution in [1.82, 2.24) is 10.2 Å². The maximum atomic E-state index is 12.3. The van der Waals surface area contributed by atoms with Gasteiger partial charge in [-0.2, -0.15) is 0 Å². The summed E-state index contributed by atoms with van der Waals surface area (Å²) in [6.07, 6.45) is 2.77. The predicted octanol–water partition coefficient (Wildman–Crippen LogP) is -0.877. The lowest BCUT2D eigenvalue weighted by Crippen LogP contribution is -2.52. The minimum atomic E-state index is -3.02. The summed E-state index contributed by atoms with van der Waals surface area (Å²) in [7, 11) is -3.02. The number of carbonyl (C=O) groups excluding carboxylic acids is 2. The van der Waals surface area contributed by atoms with Gasteiger partial charge in [-0.25, -0.2) is 8.42 Å². The number of nitrogens with one attached hydrogen (secondary N) is 1. The topological polar surface area (TPSA) is 110 Å². The van der Waals surface area contributed by atoms with E-state index in [0.717, 1.165) is 19.3 Å². The first-order valence-electron chi connectivity index (χ1n) is 7.83. The van der Waals surface area contributed by atoms with Crippen molar-refractivity contribution in [2.75, 3.05) is 31.1 Å². The van der Waals surface area contributed by atoms with E-state index in [1.54, 1.807) is 6.92 Å². The molecule has 3 N–H and O–H groups in total. The second-order valence-electron chi connectivity index (χ2n) is 6.24. The summed E-state index contributed by atoms with van der Waals surface area (Å²) in [5.74, 6) is -0.248. The van der Waals surface area contributed by atoms with Gasteiger partial charge in [0.2, 0.25) is 11.8 Å². The molecule has 2 fully saturated rings. The summed E-state index contributed by atoms with van der Waals surface area (Å²) < 4.78 is 22.8. The van der Waals surface area contributed by atoms with Gasteiger partial charge in [0.15, 0.2) is 9.84 Å². The normalized spacial score (nSPS) is 29.1. The Kier molecular flexibility index (Phi) is 5.44. The molecule has 1 aliphatic carbocycles. The van der Waals surface area contributed by atoms with E-state index in [4.69, 9.17) is 5.73 Å². The Balaban J connectivity index is 1.87. The van der Waals surface area contributed by atoms with Crippen LogP contribution in [0.2, 0.25) is 0 Å². The van der Waals surface area contributed by atoms with E-state index in [1.807, 2.05) is 0 Å². The van der Waals surface area contributed by atoms with Crippen LogP contribution in [0.4, 0.5) is 0 Å². The summed E-state index contributed by atoms with van der Waals surface area (Å²) in [4.78, 5) is 26.1. The fraction of sp³-hybridized carbons (Fsp3) is 0.857. The molecular weight excluding hydrogens is 306 g/mol. The molecule has 0 spiro atoms. The molecule has 1 heterocycles. The van der Waals surface area contributed by atoms with Crippen LogP contribution < -0.4 is 11.1 Å². The third kappa shape index (κ3) is 3.98. The van der Waals surface area contributed by atoms with Gasteiger partial charge in [0.05, 0.1) is 11.5 Å². The molecule has 0 aromatic carbocycles. The fourth-order valence-corrected chi connectivity index (χ4v) is 4.45. The monoisotopic (exact) mass is 331 g/mol. The molecule has 22 heavy (non-hydrogen) atoms. The fourth-order valence-electron chi connectivity index (χ4n) is 3.25. The molecule has 0 aromatic heterocycles. The zero-order chi connectivity index (χ0) is 16.3. The maximum Gasteiger partial charge on any atom is 0.244 e. The molecule has 0 bridgehead atoms. The maximum absolute atomic E-state index is 12.3. The lowest BCUT2D eigenvalue weighted by atomic mass is 9.95. The van der Waals surface area contributed by atoms with E-state index < -0.39 is 15.9 Å². The molecule has 1 saturated heterocycles. The van der Waals surface area contributed by atoms with Gasteiger partial charge in [0.1, 0.15) is 6.04 Å². The molecule has 126 valence electrons. The van der Waals surface area contributed by atoms with Crippen molar-refractivity contribution in [2.45, 2.75) is 32.2 Å². The molecule has 2 aliphatic rings. The van der Waals surface area contributed by atoms with E-state index in [0.29, 0.717) is 6.54 Å². The molecule has 0 radical (unpaired) electrons. The highest BCUT2D eigenvalue weighted by molar-refractivity contribution is 7.91. The van der Waals surface area contributed by atoms with Gasteiger partial charge in [-0.1, -0.05) is 6.42 Å². The number of nitrogens with two attached hydrogens (primary N) is 1. The summed E-state index contributed by atoms with van der Waals surface area (Å²) in [6.45, 7) is 2.55. The first-order valence-corrected chi connectivity index (χ1v) is 9.66. The van der Waals surface area contributed by atoms with Crippen LogP contribution in [0.15, 0.2) is 0 Å². The second kappa shape index (κ2) is 6.95. The van der Waals surface area contributed by atoms with Crippen LogP contribution in [0.1, 0.15) is 26.2 Å². The van der Waals surface area contributed by atoms with Crippen molar-refractivity contribution in [1.29, 1.82) is 0 Å². The van der Waals surface area contributed by atoms with Crippen molar-refractivity contribution in [3.8, 4) is 0 Å². The molecule has 1 unspecified atom stereocenters. The molecule has 1 aliphatic heterocycles. The molecule has 1 saturated carbocycles. The highest BCUT2D eigenvalue weighted by Gasteiger charge is 2.34. The number of nitrogens with zero attached hydrogens (tertiary/aromatic N) is 1. The Morgan fingerprint density at radius 3 is 2.50 bits per heavy atom. The molecule has 2 rings (SSSR count). The predicted molar refractivity (Wildman–Crippen MR) is 82.7 cm³/mol. The third-order valence-electron chi connectivity index (χ3n) is 4.68. The molecule has 8 heteroatoms. The van der Waals surface area contributed by atoms with E-state index in [1.165, 1.54) is 4.90 Å². The molecule has 7 nitrogen and oxygen atoms in total.